The number of Topliss-reactive ketones (excluding diaryl/α,β-unsaturated/α-hetero) is 1. The average molecular weight is 343 g/mol. The number of nitrogens with zero attached hydrogens (tertiary/aromatic N) is 4. The van der Waals surface area contributed by atoms with Crippen LogP contribution in [0.2, 0.25) is 0 Å². The number of nitrogens with one attached hydrogen (secondary N) is 2. The zero-order chi connectivity index (χ0) is 18.8. The Morgan fingerprint density at radius 2 is 2.12 bits per heavy atom. The van der Waals surface area contributed by atoms with Crippen LogP contribution in [0.25, 0.3) is 5.53 Å². The molecule has 4 N–H and O–H groups in total. The molecule has 0 aromatic heterocycles. The Kier molecular flexibility index (Phi) is 8.65. The molecule has 0 aliphatic carbocycles. The Bertz CT molecular complexity index is 548. The SMILES string of the molecule is CC(C)(C)OC(=O)NC(CCCN=C(N)N[N+](=O)[O-])C(=O)C=[N+]=[N-]. The van der Waals surface area contributed by atoms with Crippen molar-refractivity contribution in [2.75, 3.05) is 6.54 Å². The number of hydrogen-bond acceptors (Lipinski definition) is 6. The Morgan fingerprint density at radius 1 is 1.50 bits per heavy atom. The maximum atomic E-state index is 11.8. The second-order valence-corrected chi connectivity index (χ2v) is 5.62. The van der Waals surface area contributed by atoms with Gasteiger partial charge in [-0.1, -0.05) is 5.43 Å². The molecule has 134 valence electrons. The van der Waals surface area contributed by atoms with Crippen LogP contribution in [0.5, 0.6) is 0 Å². The van der Waals surface area contributed by atoms with Crippen LogP contribution in [-0.4, -0.2) is 52.1 Å². The lowest BCUT2D eigenvalue weighted by molar-refractivity contribution is -0.525. The fourth-order valence-corrected chi connectivity index (χ4v) is 1.51. The summed E-state index contributed by atoms with van der Waals surface area (Å²) in [6.07, 6.45) is 0.281. The molecule has 0 saturated carbocycles. The van der Waals surface area contributed by atoms with Crippen molar-refractivity contribution < 1.29 is 24.1 Å². The average Bonchev–Trinajstić information content (AvgIpc) is 2.39. The van der Waals surface area contributed by atoms with Crippen molar-refractivity contribution in [2.24, 2.45) is 10.7 Å². The summed E-state index contributed by atoms with van der Waals surface area (Å²) in [5, 5.41) is 11.6. The quantitative estimate of drug-likeness (QED) is 0.102. The number of alkyl carbamates (subject to hydrolysis) is 1. The molecule has 0 bridgehead atoms. The van der Waals surface area contributed by atoms with E-state index in [1.165, 1.54) is 0 Å². The molecular weight excluding hydrogens is 322 g/mol. The molecule has 0 aliphatic heterocycles. The van der Waals surface area contributed by atoms with Gasteiger partial charge in [-0.15, -0.1) is 0 Å². The van der Waals surface area contributed by atoms with Crippen LogP contribution in [0, 0.1) is 10.1 Å². The first-order valence-corrected chi connectivity index (χ1v) is 6.97. The van der Waals surface area contributed by atoms with Gasteiger partial charge in [-0.3, -0.25) is 4.79 Å². The third kappa shape index (κ3) is 10.7. The molecule has 0 radical (unpaired) electrons. The van der Waals surface area contributed by atoms with Crippen molar-refractivity contribution >= 4 is 24.1 Å². The van der Waals surface area contributed by atoms with E-state index in [2.05, 4.69) is 15.1 Å². The van der Waals surface area contributed by atoms with Crippen molar-refractivity contribution in [3.63, 3.8) is 0 Å². The molecule has 1 amide bonds. The summed E-state index contributed by atoms with van der Waals surface area (Å²) in [6.45, 7) is 5.08. The number of aliphatic imine (C=N–C) groups is 1. The molecule has 12 nitrogen and oxygen atoms in total. The number of nitrogens with two attached hydrogens (primary N) is 1. The number of nitro groups is 1. The lowest BCUT2D eigenvalue weighted by Crippen LogP contribution is -2.44. The van der Waals surface area contributed by atoms with Crippen LogP contribution < -0.4 is 16.5 Å². The Labute approximate surface area is 138 Å². The number of hydrazine groups is 1. The normalized spacial score (nSPS) is 12.5. The van der Waals surface area contributed by atoms with Gasteiger partial charge in [-0.25, -0.2) is 19.9 Å². The van der Waals surface area contributed by atoms with Gasteiger partial charge in [-0.2, -0.15) is 4.79 Å². The predicted molar refractivity (Wildman–Crippen MR) is 83.7 cm³/mol. The molecule has 0 fully saturated rings. The van der Waals surface area contributed by atoms with E-state index < -0.39 is 28.6 Å². The first-order chi connectivity index (χ1) is 11.0. The summed E-state index contributed by atoms with van der Waals surface area (Å²) in [7, 11) is 0. The van der Waals surface area contributed by atoms with Gasteiger partial charge in [0, 0.05) is 6.54 Å². The van der Waals surface area contributed by atoms with E-state index in [1.807, 2.05) is 0 Å². The maximum Gasteiger partial charge on any atom is 0.408 e. The van der Waals surface area contributed by atoms with Gasteiger partial charge in [0.25, 0.3) is 11.7 Å². The van der Waals surface area contributed by atoms with Crippen LogP contribution in [0.15, 0.2) is 4.99 Å². The maximum absolute atomic E-state index is 11.8. The van der Waals surface area contributed by atoms with Crippen molar-refractivity contribution in [3.05, 3.63) is 15.6 Å². The highest BCUT2D eigenvalue weighted by Gasteiger charge is 2.24. The molecule has 0 spiro atoms. The molecule has 12 heteroatoms. The molecule has 0 saturated heterocycles. The highest BCUT2D eigenvalue weighted by atomic mass is 16.7. The fourth-order valence-electron chi connectivity index (χ4n) is 1.51. The second-order valence-electron chi connectivity index (χ2n) is 5.62. The van der Waals surface area contributed by atoms with Gasteiger partial charge in [0.15, 0.2) is 5.03 Å². The fraction of sp³-hybridized carbons (Fsp3) is 0.667. The smallest absolute Gasteiger partial charge is 0.408 e. The minimum Gasteiger partial charge on any atom is -0.444 e. The van der Waals surface area contributed by atoms with E-state index in [9.17, 15) is 19.7 Å². The van der Waals surface area contributed by atoms with E-state index in [-0.39, 0.29) is 25.3 Å². The van der Waals surface area contributed by atoms with E-state index in [4.69, 9.17) is 16.0 Å². The third-order valence-electron chi connectivity index (χ3n) is 2.36. The summed E-state index contributed by atoms with van der Waals surface area (Å²) in [4.78, 5) is 39.9. The summed E-state index contributed by atoms with van der Waals surface area (Å²) >= 11 is 0. The number of rotatable bonds is 8. The number of ether oxygens (including phenoxy) is 1. The second kappa shape index (κ2) is 9.90. The number of guanidine groups is 1. The molecule has 0 aromatic rings. The van der Waals surface area contributed by atoms with Crippen LogP contribution in [-0.2, 0) is 9.53 Å². The van der Waals surface area contributed by atoms with E-state index in [0.717, 1.165) is 0 Å². The Morgan fingerprint density at radius 3 is 2.62 bits per heavy atom. The molecule has 0 aliphatic rings. The number of ketones is 1. The summed E-state index contributed by atoms with van der Waals surface area (Å²) in [6, 6.07) is -0.990. The Balaban J connectivity index is 4.63. The number of carbonyl (C=O) groups is 2. The zero-order valence-corrected chi connectivity index (χ0v) is 13.7. The van der Waals surface area contributed by atoms with Crippen molar-refractivity contribution in [1.29, 1.82) is 0 Å². The van der Waals surface area contributed by atoms with Gasteiger partial charge in [0.05, 0.1) is 0 Å². The molecule has 1 atom stereocenters. The molecule has 0 rings (SSSR count). The van der Waals surface area contributed by atoms with Crippen molar-refractivity contribution in [1.82, 2.24) is 10.7 Å². The standard InChI is InChI=1S/C12H21N7O5/c1-12(2,3)24-11(21)17-8(9(20)7-16-14)5-4-6-15-10(13)18-19(22)23/h7-8H,4-6H2,1-3H3,(H,17,21)(H3,13,15,18). The molecule has 0 aromatic carbocycles. The zero-order valence-electron chi connectivity index (χ0n) is 13.7. The highest BCUT2D eigenvalue weighted by Crippen LogP contribution is 2.08. The van der Waals surface area contributed by atoms with E-state index in [1.54, 1.807) is 26.2 Å². The lowest BCUT2D eigenvalue weighted by Gasteiger charge is -2.22. The minimum atomic E-state index is -0.990. The van der Waals surface area contributed by atoms with Gasteiger partial charge in [-0.05, 0) is 33.6 Å². The third-order valence-corrected chi connectivity index (χ3v) is 2.36. The first-order valence-electron chi connectivity index (χ1n) is 6.97. The summed E-state index contributed by atoms with van der Waals surface area (Å²) in [5.74, 6) is -1.01. The van der Waals surface area contributed by atoms with Gasteiger partial charge in [0.1, 0.15) is 11.6 Å². The largest absolute Gasteiger partial charge is 0.444 e. The topological polar surface area (TPSA) is 185 Å². The van der Waals surface area contributed by atoms with Crippen LogP contribution in [0.1, 0.15) is 33.6 Å². The monoisotopic (exact) mass is 343 g/mol. The van der Waals surface area contributed by atoms with Crippen LogP contribution in [0.3, 0.4) is 0 Å². The van der Waals surface area contributed by atoms with Gasteiger partial charge < -0.3 is 21.3 Å². The Hall–Kier alpha value is -3.01. The molecule has 0 heterocycles. The predicted octanol–water partition coefficient (Wildman–Crippen LogP) is -0.374. The van der Waals surface area contributed by atoms with Crippen LogP contribution >= 0.6 is 0 Å². The van der Waals surface area contributed by atoms with Gasteiger partial charge >= 0.3 is 12.3 Å². The van der Waals surface area contributed by atoms with Crippen molar-refractivity contribution in [2.45, 2.75) is 45.3 Å². The lowest BCUT2D eigenvalue weighted by atomic mass is 10.1. The first kappa shape index (κ1) is 21.0. The van der Waals surface area contributed by atoms with E-state index >= 15 is 0 Å². The van der Waals surface area contributed by atoms with E-state index in [0.29, 0.717) is 6.21 Å². The van der Waals surface area contributed by atoms with Gasteiger partial charge in [0.2, 0.25) is 0 Å². The minimum absolute atomic E-state index is 0.0860. The molecule has 1 unspecified atom stereocenters. The molecule has 24 heavy (non-hydrogen) atoms. The highest BCUT2D eigenvalue weighted by molar-refractivity contribution is 6.28. The van der Waals surface area contributed by atoms with Crippen LogP contribution in [0.4, 0.5) is 4.79 Å². The number of carbonyl (C=O) groups excluding carboxylic acids is 2. The number of amides is 1. The number of hydrogen-bond donors (Lipinski definition) is 3. The summed E-state index contributed by atoms with van der Waals surface area (Å²) in [5.41, 5.74) is 14.6. The molecular formula is C12H21N7O5. The summed E-state index contributed by atoms with van der Waals surface area (Å²) < 4.78 is 5.04. The van der Waals surface area contributed by atoms with Crippen molar-refractivity contribution in [3.8, 4) is 0 Å².